The van der Waals surface area contributed by atoms with Crippen LogP contribution in [0.5, 0.6) is 0 Å². The molecule has 1 aromatic heterocycles. The molecule has 0 spiro atoms. The Labute approximate surface area is 138 Å². The van der Waals surface area contributed by atoms with Gasteiger partial charge in [0.1, 0.15) is 6.04 Å². The van der Waals surface area contributed by atoms with Gasteiger partial charge in [-0.3, -0.25) is 4.79 Å². The van der Waals surface area contributed by atoms with Crippen molar-refractivity contribution in [2.45, 2.75) is 24.9 Å². The summed E-state index contributed by atoms with van der Waals surface area (Å²) >= 11 is 0. The number of nitrogens with zero attached hydrogens (tertiary/aromatic N) is 3. The van der Waals surface area contributed by atoms with Crippen LogP contribution in [0.4, 0.5) is 4.39 Å². The maximum Gasteiger partial charge on any atom is 0.249 e. The second-order valence-electron chi connectivity index (χ2n) is 6.30. The third-order valence-corrected chi connectivity index (χ3v) is 5.00. The van der Waals surface area contributed by atoms with Gasteiger partial charge in [-0.15, -0.1) is 0 Å². The Morgan fingerprint density at radius 2 is 2.25 bits per heavy atom. The van der Waals surface area contributed by atoms with Crippen molar-refractivity contribution < 1.29 is 13.9 Å². The molecule has 3 aliphatic rings. The van der Waals surface area contributed by atoms with Crippen LogP contribution in [0.3, 0.4) is 0 Å². The molecule has 7 heteroatoms. The topological polar surface area (TPSA) is 65.3 Å². The summed E-state index contributed by atoms with van der Waals surface area (Å²) in [7, 11) is 0. The third-order valence-electron chi connectivity index (χ3n) is 5.00. The summed E-state index contributed by atoms with van der Waals surface area (Å²) in [4.78, 5) is 30.3. The average molecular weight is 329 g/mol. The number of carbonyl (C=O) groups excluding carboxylic acids is 1. The SMILES string of the molecule is O=C1CNCCC2C3C(=C(c4ccc(F)nc4)C=C[N+]3=O)CCN12. The number of fused-ring (bicyclic) bond motifs is 3. The zero-order valence-corrected chi connectivity index (χ0v) is 13.1. The number of hydrogen-bond donors (Lipinski definition) is 1. The lowest BCUT2D eigenvalue weighted by atomic mass is 9.82. The van der Waals surface area contributed by atoms with E-state index in [-0.39, 0.29) is 18.0 Å². The predicted molar refractivity (Wildman–Crippen MR) is 85.3 cm³/mol. The summed E-state index contributed by atoms with van der Waals surface area (Å²) < 4.78 is 14.1. The fourth-order valence-electron chi connectivity index (χ4n) is 3.91. The van der Waals surface area contributed by atoms with Crippen LogP contribution in [0.1, 0.15) is 18.4 Å². The number of nitrogens with one attached hydrogen (secondary N) is 1. The molecule has 2 unspecified atom stereocenters. The lowest BCUT2D eigenvalue weighted by molar-refractivity contribution is -0.521. The molecule has 0 radical (unpaired) electrons. The largest absolute Gasteiger partial charge is 0.331 e. The van der Waals surface area contributed by atoms with Crippen molar-refractivity contribution in [3.63, 3.8) is 0 Å². The van der Waals surface area contributed by atoms with Crippen LogP contribution in [0, 0.1) is 10.9 Å². The van der Waals surface area contributed by atoms with E-state index < -0.39 is 5.95 Å². The Morgan fingerprint density at radius 1 is 1.38 bits per heavy atom. The minimum absolute atomic E-state index is 0.0458. The molecule has 1 aromatic rings. The predicted octanol–water partition coefficient (Wildman–Crippen LogP) is 1.24. The zero-order valence-electron chi connectivity index (χ0n) is 13.1. The lowest BCUT2D eigenvalue weighted by Crippen LogP contribution is -2.55. The Balaban J connectivity index is 1.77. The molecule has 1 amide bonds. The lowest BCUT2D eigenvalue weighted by Gasteiger charge is -2.38. The molecular formula is C17H18FN4O2+. The van der Waals surface area contributed by atoms with Gasteiger partial charge in [-0.25, -0.2) is 4.98 Å². The number of piperidine rings is 1. The quantitative estimate of drug-likeness (QED) is 0.622. The summed E-state index contributed by atoms with van der Waals surface area (Å²) in [5, 5.41) is 3.12. The summed E-state index contributed by atoms with van der Waals surface area (Å²) in [5.41, 5.74) is 2.73. The van der Waals surface area contributed by atoms with E-state index in [0.717, 1.165) is 27.9 Å². The van der Waals surface area contributed by atoms with Crippen LogP contribution in [0.25, 0.3) is 5.57 Å². The van der Waals surface area contributed by atoms with Crippen LogP contribution in [-0.4, -0.2) is 52.3 Å². The van der Waals surface area contributed by atoms with Gasteiger partial charge < -0.3 is 10.2 Å². The average Bonchev–Trinajstić information content (AvgIpc) is 2.78. The fourth-order valence-corrected chi connectivity index (χ4v) is 3.91. The Morgan fingerprint density at radius 3 is 3.04 bits per heavy atom. The minimum Gasteiger partial charge on any atom is -0.331 e. The number of carbonyl (C=O) groups is 1. The van der Waals surface area contributed by atoms with Crippen molar-refractivity contribution in [3.05, 3.63) is 52.6 Å². The number of rotatable bonds is 1. The number of hydrogen-bond acceptors (Lipinski definition) is 4. The van der Waals surface area contributed by atoms with Gasteiger partial charge in [0, 0.05) is 39.6 Å². The Bertz CT molecular complexity index is 756. The van der Waals surface area contributed by atoms with Gasteiger partial charge in [0.05, 0.1) is 6.54 Å². The third kappa shape index (κ3) is 2.45. The van der Waals surface area contributed by atoms with Gasteiger partial charge in [0.25, 0.3) is 0 Å². The van der Waals surface area contributed by atoms with Gasteiger partial charge in [0.2, 0.25) is 24.1 Å². The van der Waals surface area contributed by atoms with Gasteiger partial charge in [-0.2, -0.15) is 4.39 Å². The van der Waals surface area contributed by atoms with Crippen LogP contribution in [0.2, 0.25) is 0 Å². The molecule has 6 nitrogen and oxygen atoms in total. The molecule has 2 atom stereocenters. The van der Waals surface area contributed by atoms with Crippen molar-refractivity contribution in [1.29, 1.82) is 0 Å². The highest BCUT2D eigenvalue weighted by atomic mass is 19.1. The molecule has 0 saturated carbocycles. The molecule has 2 fully saturated rings. The van der Waals surface area contributed by atoms with Crippen LogP contribution < -0.4 is 5.32 Å². The van der Waals surface area contributed by atoms with Crippen LogP contribution in [0.15, 0.2) is 36.2 Å². The highest BCUT2D eigenvalue weighted by Gasteiger charge is 2.48. The zero-order chi connectivity index (χ0) is 16.7. The molecule has 2 saturated heterocycles. The smallest absolute Gasteiger partial charge is 0.249 e. The molecule has 4 rings (SSSR count). The number of allylic oxidation sites excluding steroid dienone is 2. The van der Waals surface area contributed by atoms with Crippen molar-refractivity contribution in [1.82, 2.24) is 15.2 Å². The number of nitroso groups, excluding NO2 is 1. The number of amides is 1. The molecule has 0 bridgehead atoms. The van der Waals surface area contributed by atoms with Crippen molar-refractivity contribution in [2.24, 2.45) is 0 Å². The first-order chi connectivity index (χ1) is 11.6. The highest BCUT2D eigenvalue weighted by Crippen LogP contribution is 2.36. The maximum atomic E-state index is 13.1. The van der Waals surface area contributed by atoms with Gasteiger partial charge in [-0.05, 0) is 37.1 Å². The molecule has 0 aliphatic carbocycles. The number of pyridine rings is 1. The molecule has 3 aliphatic heterocycles. The first-order valence-corrected chi connectivity index (χ1v) is 8.14. The standard InChI is InChI=1S/C17H18FN4O2/c18-15-2-1-11(9-20-15)12-5-8-22(24)17-13(12)4-7-21-14(17)3-6-19-10-16(21)23/h1-2,5,8-9,14,17,19H,3-4,6-7,10H2/q+1. The first-order valence-electron chi connectivity index (χ1n) is 8.14. The van der Waals surface area contributed by atoms with Crippen molar-refractivity contribution >= 4 is 11.5 Å². The monoisotopic (exact) mass is 329 g/mol. The van der Waals surface area contributed by atoms with Gasteiger partial charge >= 0.3 is 0 Å². The van der Waals surface area contributed by atoms with E-state index >= 15 is 0 Å². The fraction of sp³-hybridized carbons (Fsp3) is 0.412. The van der Waals surface area contributed by atoms with Crippen molar-refractivity contribution in [3.8, 4) is 0 Å². The molecule has 1 N–H and O–H groups in total. The van der Waals surface area contributed by atoms with Crippen LogP contribution >= 0.6 is 0 Å². The van der Waals surface area contributed by atoms with Gasteiger partial charge in [0.15, 0.2) is 0 Å². The first kappa shape index (κ1) is 15.1. The Hall–Kier alpha value is -2.41. The molecule has 0 aromatic carbocycles. The maximum absolute atomic E-state index is 13.1. The summed E-state index contributed by atoms with van der Waals surface area (Å²) in [6.45, 7) is 1.64. The molecule has 124 valence electrons. The van der Waals surface area contributed by atoms with E-state index in [1.54, 1.807) is 12.1 Å². The molecule has 24 heavy (non-hydrogen) atoms. The van der Waals surface area contributed by atoms with Gasteiger partial charge in [-0.1, -0.05) is 0 Å². The highest BCUT2D eigenvalue weighted by molar-refractivity contribution is 5.81. The summed E-state index contributed by atoms with van der Waals surface area (Å²) in [6.07, 6.45) is 6.13. The molecular weight excluding hydrogens is 311 g/mol. The summed E-state index contributed by atoms with van der Waals surface area (Å²) in [6, 6.07) is 2.48. The second-order valence-corrected chi connectivity index (χ2v) is 6.30. The van der Waals surface area contributed by atoms with E-state index in [1.165, 1.54) is 18.5 Å². The number of halogens is 1. The Kier molecular flexibility index (Phi) is 3.72. The summed E-state index contributed by atoms with van der Waals surface area (Å²) in [5.74, 6) is -0.481. The van der Waals surface area contributed by atoms with Crippen molar-refractivity contribution in [2.75, 3.05) is 19.6 Å². The van der Waals surface area contributed by atoms with Crippen LogP contribution in [-0.2, 0) is 4.79 Å². The minimum atomic E-state index is -0.526. The van der Waals surface area contributed by atoms with E-state index in [9.17, 15) is 14.1 Å². The normalized spacial score (nSPS) is 27.0. The molecule has 4 heterocycles. The van der Waals surface area contributed by atoms with E-state index in [4.69, 9.17) is 0 Å². The van der Waals surface area contributed by atoms with E-state index in [1.807, 2.05) is 4.90 Å². The van der Waals surface area contributed by atoms with E-state index in [0.29, 0.717) is 26.1 Å². The van der Waals surface area contributed by atoms with E-state index in [2.05, 4.69) is 10.3 Å². The second kappa shape index (κ2) is 5.90. The number of aromatic nitrogens is 1.